The van der Waals surface area contributed by atoms with Crippen molar-refractivity contribution >= 4 is 21.8 Å². The summed E-state index contributed by atoms with van der Waals surface area (Å²) in [6.45, 7) is 17.3. The van der Waals surface area contributed by atoms with E-state index in [0.29, 0.717) is 11.5 Å². The lowest BCUT2D eigenvalue weighted by molar-refractivity contribution is 0.478. The van der Waals surface area contributed by atoms with E-state index in [1.165, 1.54) is 11.6 Å². The summed E-state index contributed by atoms with van der Waals surface area (Å²) in [5.41, 5.74) is 9.17. The van der Waals surface area contributed by atoms with Gasteiger partial charge in [-0.15, -0.1) is 0 Å². The maximum absolute atomic E-state index is 14.6. The molecule has 0 spiro atoms. The Morgan fingerprint density at radius 2 is 1.42 bits per heavy atom. The number of aryl methyl sites for hydroxylation is 1. The smallest absolute Gasteiger partial charge is 0.137 e. The third kappa shape index (κ3) is 5.66. The molecule has 6 heteroatoms. The highest BCUT2D eigenvalue weighted by atomic mass is 19.1. The number of hydrogen-bond acceptors (Lipinski definition) is 3. The molecular weight excluding hydrogens is 595 g/mol. The van der Waals surface area contributed by atoms with E-state index in [-0.39, 0.29) is 16.6 Å². The van der Waals surface area contributed by atoms with Gasteiger partial charge in [0, 0.05) is 40.4 Å². The van der Waals surface area contributed by atoms with Crippen LogP contribution in [-0.4, -0.2) is 19.3 Å². The third-order valence-corrected chi connectivity index (χ3v) is 9.13. The fourth-order valence-electron chi connectivity index (χ4n) is 6.54. The van der Waals surface area contributed by atoms with Crippen LogP contribution in [0.4, 0.5) is 4.39 Å². The molecule has 3 heterocycles. The predicted molar refractivity (Wildman–Crippen MR) is 194 cm³/mol. The number of nitrogens with zero attached hydrogens (tertiary/aromatic N) is 4. The molecule has 0 N–H and O–H groups in total. The molecule has 0 aliphatic rings. The largest absolute Gasteiger partial charge is 0.457 e. The van der Waals surface area contributed by atoms with Crippen molar-refractivity contribution in [1.29, 1.82) is 0 Å². The maximum Gasteiger partial charge on any atom is 0.137 e. The van der Waals surface area contributed by atoms with Crippen molar-refractivity contribution < 1.29 is 9.13 Å². The summed E-state index contributed by atoms with van der Waals surface area (Å²) >= 11 is 0. The first-order valence-corrected chi connectivity index (χ1v) is 16.4. The molecule has 48 heavy (non-hydrogen) atoms. The van der Waals surface area contributed by atoms with Crippen molar-refractivity contribution in [2.75, 3.05) is 0 Å². The van der Waals surface area contributed by atoms with Gasteiger partial charge in [0.05, 0.1) is 22.4 Å². The molecule has 0 unspecified atom stereocenters. The van der Waals surface area contributed by atoms with E-state index in [9.17, 15) is 4.39 Å². The molecule has 0 saturated carbocycles. The van der Waals surface area contributed by atoms with Crippen LogP contribution in [0.1, 0.15) is 64.1 Å². The van der Waals surface area contributed by atoms with E-state index in [0.717, 1.165) is 61.4 Å². The second-order valence-electron chi connectivity index (χ2n) is 14.7. The summed E-state index contributed by atoms with van der Waals surface area (Å²) in [6, 6.07) is 31.8. The number of halogens is 1. The number of ether oxygens (including phenoxy) is 1. The SMILES string of the molecule is Cc1nn(-c2cc(Oc3ccc4c5cc(F)ccc5n(-c5cc(C(C)(C)C)ccn5)c4c3)cc(C(C)(C)C)c2)c(C)c1-c1ccccc1. The van der Waals surface area contributed by atoms with Gasteiger partial charge < -0.3 is 4.74 Å². The van der Waals surface area contributed by atoms with Gasteiger partial charge >= 0.3 is 0 Å². The standard InChI is InChI=1S/C42H41FN4O/c1-26-40(28-12-10-9-11-13-28)27(2)47(45-26)32-20-30(42(6,7)8)21-34(24-32)48-33-15-16-35-36-23-31(43)14-17-37(36)46(38(35)25-33)39-22-29(18-19-44-39)41(3,4)5/h9-25H,1-8H3. The number of rotatable bonds is 5. The highest BCUT2D eigenvalue weighted by Gasteiger charge is 2.22. The summed E-state index contributed by atoms with van der Waals surface area (Å²) < 4.78 is 25.4. The Kier molecular flexibility index (Phi) is 7.50. The van der Waals surface area contributed by atoms with Crippen LogP contribution in [0.5, 0.6) is 11.5 Å². The zero-order valence-electron chi connectivity index (χ0n) is 28.9. The van der Waals surface area contributed by atoms with Crippen molar-refractivity contribution in [3.05, 3.63) is 132 Å². The van der Waals surface area contributed by atoms with Gasteiger partial charge in [0.2, 0.25) is 0 Å². The Balaban J connectivity index is 1.36. The Hall–Kier alpha value is -5.23. The van der Waals surface area contributed by atoms with Crippen LogP contribution in [0.15, 0.2) is 103 Å². The fourth-order valence-corrected chi connectivity index (χ4v) is 6.54. The maximum atomic E-state index is 14.6. The molecule has 5 nitrogen and oxygen atoms in total. The Morgan fingerprint density at radius 1 is 0.667 bits per heavy atom. The molecule has 7 aromatic rings. The molecule has 4 aromatic carbocycles. The summed E-state index contributed by atoms with van der Waals surface area (Å²) in [5, 5.41) is 6.75. The van der Waals surface area contributed by atoms with E-state index < -0.39 is 0 Å². The van der Waals surface area contributed by atoms with Crippen LogP contribution in [-0.2, 0) is 10.8 Å². The summed E-state index contributed by atoms with van der Waals surface area (Å²) in [5.74, 6) is 1.90. The first-order chi connectivity index (χ1) is 22.8. The molecular formula is C42H41FN4O. The van der Waals surface area contributed by atoms with Crippen molar-refractivity contribution in [2.45, 2.75) is 66.2 Å². The predicted octanol–water partition coefficient (Wildman–Crippen LogP) is 11.2. The molecule has 0 aliphatic carbocycles. The molecule has 0 aliphatic heterocycles. The first kappa shape index (κ1) is 31.4. The Bertz CT molecular complexity index is 2320. The van der Waals surface area contributed by atoms with Crippen LogP contribution in [0, 0.1) is 19.7 Å². The van der Waals surface area contributed by atoms with E-state index in [4.69, 9.17) is 14.8 Å². The highest BCUT2D eigenvalue weighted by molar-refractivity contribution is 6.09. The zero-order valence-corrected chi connectivity index (χ0v) is 28.9. The van der Waals surface area contributed by atoms with Gasteiger partial charge in [-0.3, -0.25) is 4.57 Å². The topological polar surface area (TPSA) is 44.9 Å². The molecule has 0 bridgehead atoms. The van der Waals surface area contributed by atoms with Crippen molar-refractivity contribution in [3.8, 4) is 34.1 Å². The van der Waals surface area contributed by atoms with Crippen LogP contribution in [0.2, 0.25) is 0 Å². The minimum atomic E-state index is -0.274. The molecule has 0 saturated heterocycles. The zero-order chi connectivity index (χ0) is 34.0. The Labute approximate surface area is 281 Å². The quantitative estimate of drug-likeness (QED) is 0.189. The van der Waals surface area contributed by atoms with Gasteiger partial charge in [-0.1, -0.05) is 71.9 Å². The number of pyridine rings is 1. The van der Waals surface area contributed by atoms with Gasteiger partial charge in [-0.2, -0.15) is 5.10 Å². The van der Waals surface area contributed by atoms with E-state index in [1.807, 2.05) is 47.3 Å². The molecule has 7 rings (SSSR count). The van der Waals surface area contributed by atoms with Crippen LogP contribution >= 0.6 is 0 Å². The van der Waals surface area contributed by atoms with Crippen LogP contribution in [0.3, 0.4) is 0 Å². The van der Waals surface area contributed by atoms with Crippen molar-refractivity contribution in [2.24, 2.45) is 0 Å². The van der Waals surface area contributed by atoms with Crippen molar-refractivity contribution in [3.63, 3.8) is 0 Å². The van der Waals surface area contributed by atoms with E-state index in [1.54, 1.807) is 6.07 Å². The van der Waals surface area contributed by atoms with Crippen molar-refractivity contribution in [1.82, 2.24) is 19.3 Å². The minimum absolute atomic E-state index is 0.0556. The molecule has 0 amide bonds. The number of hydrogen-bond donors (Lipinski definition) is 0. The minimum Gasteiger partial charge on any atom is -0.457 e. The van der Waals surface area contributed by atoms with E-state index >= 15 is 0 Å². The summed E-state index contributed by atoms with van der Waals surface area (Å²) in [4.78, 5) is 4.77. The lowest BCUT2D eigenvalue weighted by Gasteiger charge is -2.22. The summed E-state index contributed by atoms with van der Waals surface area (Å²) in [6.07, 6.45) is 1.85. The van der Waals surface area contributed by atoms with E-state index in [2.05, 4.69) is 108 Å². The average Bonchev–Trinajstić information content (AvgIpc) is 3.52. The normalized spacial score (nSPS) is 12.3. The van der Waals surface area contributed by atoms with Crippen LogP contribution in [0.25, 0.3) is 44.4 Å². The summed E-state index contributed by atoms with van der Waals surface area (Å²) in [7, 11) is 0. The number of benzene rings is 4. The lowest BCUT2D eigenvalue weighted by atomic mass is 9.86. The molecule has 0 fully saturated rings. The molecule has 242 valence electrons. The van der Waals surface area contributed by atoms with Gasteiger partial charge in [0.25, 0.3) is 0 Å². The second kappa shape index (κ2) is 11.5. The van der Waals surface area contributed by atoms with Gasteiger partial charge in [-0.25, -0.2) is 14.1 Å². The van der Waals surface area contributed by atoms with Gasteiger partial charge in [0.1, 0.15) is 23.1 Å². The monoisotopic (exact) mass is 636 g/mol. The Morgan fingerprint density at radius 3 is 2.15 bits per heavy atom. The van der Waals surface area contributed by atoms with Gasteiger partial charge in [-0.05, 0) is 96.0 Å². The molecule has 0 atom stereocenters. The number of aromatic nitrogens is 4. The lowest BCUT2D eigenvalue weighted by Crippen LogP contribution is -2.12. The molecule has 0 radical (unpaired) electrons. The second-order valence-corrected chi connectivity index (χ2v) is 14.7. The highest BCUT2D eigenvalue weighted by Crippen LogP contribution is 2.38. The third-order valence-electron chi connectivity index (χ3n) is 9.13. The fraction of sp³-hybridized carbons (Fsp3) is 0.238. The molecule has 3 aromatic heterocycles. The van der Waals surface area contributed by atoms with Gasteiger partial charge in [0.15, 0.2) is 0 Å². The number of fused-ring (bicyclic) bond motifs is 3. The average molecular weight is 637 g/mol. The van der Waals surface area contributed by atoms with Crippen LogP contribution < -0.4 is 4.74 Å². The first-order valence-electron chi connectivity index (χ1n) is 16.4.